The topological polar surface area (TPSA) is 78.4 Å². The number of rotatable bonds is 8. The lowest BCUT2D eigenvalue weighted by Gasteiger charge is -2.12. The van der Waals surface area contributed by atoms with Gasteiger partial charge in [-0.1, -0.05) is 6.07 Å². The molecule has 0 aromatic heterocycles. The van der Waals surface area contributed by atoms with Crippen molar-refractivity contribution in [3.8, 4) is 23.0 Å². The number of amides is 1. The first-order chi connectivity index (χ1) is 13.0. The summed E-state index contributed by atoms with van der Waals surface area (Å²) in [6.07, 6.45) is 1.48. The predicted molar refractivity (Wildman–Crippen MR) is 103 cm³/mol. The van der Waals surface area contributed by atoms with E-state index in [-0.39, 0.29) is 12.5 Å². The number of carbonyl (C=O) groups is 1. The zero-order valence-electron chi connectivity index (χ0n) is 16.2. The molecule has 7 nitrogen and oxygen atoms in total. The number of benzene rings is 2. The van der Waals surface area contributed by atoms with Gasteiger partial charge in [0.15, 0.2) is 18.1 Å². The van der Waals surface area contributed by atoms with Gasteiger partial charge in [-0.2, -0.15) is 5.10 Å². The van der Waals surface area contributed by atoms with E-state index in [1.54, 1.807) is 12.1 Å². The van der Waals surface area contributed by atoms with Crippen LogP contribution in [0.5, 0.6) is 23.0 Å². The van der Waals surface area contributed by atoms with E-state index in [0.717, 1.165) is 5.56 Å². The molecule has 0 heterocycles. The minimum atomic E-state index is -0.364. The van der Waals surface area contributed by atoms with Gasteiger partial charge in [-0.05, 0) is 49.2 Å². The van der Waals surface area contributed by atoms with E-state index in [4.69, 9.17) is 18.9 Å². The highest BCUT2D eigenvalue weighted by Gasteiger charge is 2.12. The van der Waals surface area contributed by atoms with Gasteiger partial charge < -0.3 is 18.9 Å². The maximum absolute atomic E-state index is 11.9. The van der Waals surface area contributed by atoms with E-state index in [2.05, 4.69) is 10.5 Å². The minimum Gasteiger partial charge on any atom is -0.493 e. The Kier molecular flexibility index (Phi) is 7.05. The molecule has 1 N–H and O–H groups in total. The molecule has 2 rings (SSSR count). The lowest BCUT2D eigenvalue weighted by Crippen LogP contribution is -2.24. The van der Waals surface area contributed by atoms with Gasteiger partial charge >= 0.3 is 0 Å². The second-order valence-electron chi connectivity index (χ2n) is 5.79. The van der Waals surface area contributed by atoms with E-state index in [9.17, 15) is 4.79 Å². The van der Waals surface area contributed by atoms with Crippen LogP contribution in [0.4, 0.5) is 0 Å². The fourth-order valence-corrected chi connectivity index (χ4v) is 2.34. The molecule has 2 aromatic rings. The summed E-state index contributed by atoms with van der Waals surface area (Å²) in [6.45, 7) is 3.88. The normalized spacial score (nSPS) is 10.6. The Balaban J connectivity index is 1.96. The molecule has 2 aromatic carbocycles. The van der Waals surface area contributed by atoms with Crippen LogP contribution in [-0.4, -0.2) is 40.1 Å². The van der Waals surface area contributed by atoms with Crippen molar-refractivity contribution in [3.63, 3.8) is 0 Å². The van der Waals surface area contributed by atoms with Crippen molar-refractivity contribution in [2.45, 2.75) is 13.8 Å². The number of ether oxygens (including phenoxy) is 4. The second-order valence-corrected chi connectivity index (χ2v) is 5.79. The Hall–Kier alpha value is -3.22. The molecule has 7 heteroatoms. The van der Waals surface area contributed by atoms with Gasteiger partial charge in [0.25, 0.3) is 5.91 Å². The standard InChI is InChI=1S/C20H24N2O5/c1-13-6-7-16(8-14(13)2)27-12-19(23)22-21-11-15-9-17(24-3)20(26-5)18(10-15)25-4/h6-11H,12H2,1-5H3,(H,22,23). The molecule has 27 heavy (non-hydrogen) atoms. The van der Waals surface area contributed by atoms with Crippen molar-refractivity contribution in [2.75, 3.05) is 27.9 Å². The van der Waals surface area contributed by atoms with Crippen LogP contribution in [0.3, 0.4) is 0 Å². The summed E-state index contributed by atoms with van der Waals surface area (Å²) in [6, 6.07) is 9.12. The maximum atomic E-state index is 11.9. The lowest BCUT2D eigenvalue weighted by atomic mass is 10.1. The number of hydrogen-bond acceptors (Lipinski definition) is 6. The summed E-state index contributed by atoms with van der Waals surface area (Å²) in [7, 11) is 4.60. The third kappa shape index (κ3) is 5.37. The molecule has 0 aliphatic rings. The Morgan fingerprint density at radius 3 is 2.22 bits per heavy atom. The average Bonchev–Trinajstić information content (AvgIpc) is 2.68. The van der Waals surface area contributed by atoms with Crippen LogP contribution in [0, 0.1) is 13.8 Å². The van der Waals surface area contributed by atoms with Crippen molar-refractivity contribution in [1.29, 1.82) is 0 Å². The molecule has 0 spiro atoms. The summed E-state index contributed by atoms with van der Waals surface area (Å²) in [5, 5.41) is 3.94. The van der Waals surface area contributed by atoms with Crippen molar-refractivity contribution >= 4 is 12.1 Å². The summed E-state index contributed by atoms with van der Waals surface area (Å²) < 4.78 is 21.3. The third-order valence-corrected chi connectivity index (χ3v) is 3.94. The Bertz CT molecular complexity index is 808. The third-order valence-electron chi connectivity index (χ3n) is 3.94. The Labute approximate surface area is 158 Å². The number of hydrogen-bond donors (Lipinski definition) is 1. The molecular weight excluding hydrogens is 348 g/mol. The largest absolute Gasteiger partial charge is 0.493 e. The second kappa shape index (κ2) is 9.47. The van der Waals surface area contributed by atoms with E-state index >= 15 is 0 Å². The molecular formula is C20H24N2O5. The van der Waals surface area contributed by atoms with Crippen molar-refractivity contribution in [1.82, 2.24) is 5.43 Å². The smallest absolute Gasteiger partial charge is 0.277 e. The number of carbonyl (C=O) groups excluding carboxylic acids is 1. The van der Waals surface area contributed by atoms with Crippen LogP contribution in [0.2, 0.25) is 0 Å². The van der Waals surface area contributed by atoms with Gasteiger partial charge in [0.1, 0.15) is 5.75 Å². The number of nitrogens with zero attached hydrogens (tertiary/aromatic N) is 1. The molecule has 0 bridgehead atoms. The molecule has 144 valence electrons. The fraction of sp³-hybridized carbons (Fsp3) is 0.300. The van der Waals surface area contributed by atoms with Gasteiger partial charge in [-0.15, -0.1) is 0 Å². The molecule has 1 amide bonds. The fourth-order valence-electron chi connectivity index (χ4n) is 2.34. The summed E-state index contributed by atoms with van der Waals surface area (Å²) in [5.41, 5.74) is 5.38. The highest BCUT2D eigenvalue weighted by atomic mass is 16.5. The van der Waals surface area contributed by atoms with Gasteiger partial charge in [-0.3, -0.25) is 4.79 Å². The van der Waals surface area contributed by atoms with Crippen LogP contribution >= 0.6 is 0 Å². The number of nitrogens with one attached hydrogen (secondary N) is 1. The van der Waals surface area contributed by atoms with Gasteiger partial charge in [0.05, 0.1) is 27.5 Å². The van der Waals surface area contributed by atoms with Crippen molar-refractivity contribution in [2.24, 2.45) is 5.10 Å². The molecule has 0 atom stereocenters. The van der Waals surface area contributed by atoms with Crippen molar-refractivity contribution < 1.29 is 23.7 Å². The van der Waals surface area contributed by atoms with Crippen LogP contribution in [0.1, 0.15) is 16.7 Å². The summed E-state index contributed by atoms with van der Waals surface area (Å²) in [5.74, 6) is 1.77. The number of hydrazone groups is 1. The lowest BCUT2D eigenvalue weighted by molar-refractivity contribution is -0.123. The highest BCUT2D eigenvalue weighted by molar-refractivity contribution is 5.84. The van der Waals surface area contributed by atoms with E-state index in [1.807, 2.05) is 32.0 Å². The van der Waals surface area contributed by atoms with Gasteiger partial charge in [0, 0.05) is 5.56 Å². The highest BCUT2D eigenvalue weighted by Crippen LogP contribution is 2.37. The molecule has 0 saturated heterocycles. The van der Waals surface area contributed by atoms with Gasteiger partial charge in [0.2, 0.25) is 5.75 Å². The molecule has 0 aliphatic carbocycles. The molecule has 0 fully saturated rings. The molecule has 0 aliphatic heterocycles. The first kappa shape index (κ1) is 20.1. The quantitative estimate of drug-likeness (QED) is 0.569. The first-order valence-corrected chi connectivity index (χ1v) is 8.30. The van der Waals surface area contributed by atoms with Crippen LogP contribution in [0.15, 0.2) is 35.4 Å². The van der Waals surface area contributed by atoms with Crippen LogP contribution in [0.25, 0.3) is 0 Å². The molecule has 0 saturated carbocycles. The maximum Gasteiger partial charge on any atom is 0.277 e. The van der Waals surface area contributed by atoms with Gasteiger partial charge in [-0.25, -0.2) is 5.43 Å². The monoisotopic (exact) mass is 372 g/mol. The molecule has 0 radical (unpaired) electrons. The van der Waals surface area contributed by atoms with Crippen LogP contribution in [-0.2, 0) is 4.79 Å². The van der Waals surface area contributed by atoms with E-state index in [1.165, 1.54) is 33.1 Å². The first-order valence-electron chi connectivity index (χ1n) is 8.30. The van der Waals surface area contributed by atoms with E-state index in [0.29, 0.717) is 28.6 Å². The van der Waals surface area contributed by atoms with Crippen LogP contribution < -0.4 is 24.4 Å². The van der Waals surface area contributed by atoms with E-state index < -0.39 is 0 Å². The van der Waals surface area contributed by atoms with Crippen molar-refractivity contribution in [3.05, 3.63) is 47.0 Å². The summed E-state index contributed by atoms with van der Waals surface area (Å²) >= 11 is 0. The Morgan fingerprint density at radius 2 is 1.67 bits per heavy atom. The number of methoxy groups -OCH3 is 3. The average molecular weight is 372 g/mol. The predicted octanol–water partition coefficient (Wildman–Crippen LogP) is 2.86. The SMILES string of the molecule is COc1cc(C=NNC(=O)COc2ccc(C)c(C)c2)cc(OC)c1OC. The molecule has 0 unspecified atom stereocenters. The Morgan fingerprint density at radius 1 is 1.00 bits per heavy atom. The zero-order valence-corrected chi connectivity index (χ0v) is 16.2. The minimum absolute atomic E-state index is 0.130. The summed E-state index contributed by atoms with van der Waals surface area (Å²) in [4.78, 5) is 11.9. The number of aryl methyl sites for hydroxylation is 2. The zero-order chi connectivity index (χ0) is 19.8.